The molecule has 0 bridgehead atoms. The van der Waals surface area contributed by atoms with Crippen LogP contribution < -0.4 is 5.32 Å². The number of rotatable bonds is 6. The van der Waals surface area contributed by atoms with Crippen LogP contribution in [-0.4, -0.2) is 44.9 Å². The van der Waals surface area contributed by atoms with Gasteiger partial charge >= 0.3 is 18.0 Å². The van der Waals surface area contributed by atoms with Gasteiger partial charge in [-0.1, -0.05) is 13.8 Å². The molecule has 0 fully saturated rings. The Morgan fingerprint density at radius 3 is 2.11 bits per heavy atom. The van der Waals surface area contributed by atoms with E-state index in [1.807, 2.05) is 13.8 Å². The van der Waals surface area contributed by atoms with Gasteiger partial charge in [0.2, 0.25) is 0 Å². The predicted molar refractivity (Wildman–Crippen MR) is 66.3 cm³/mol. The molecule has 108 valence electrons. The van der Waals surface area contributed by atoms with Gasteiger partial charge in [0.05, 0.1) is 20.3 Å². The van der Waals surface area contributed by atoms with E-state index < -0.39 is 18.0 Å². The van der Waals surface area contributed by atoms with Crippen LogP contribution in [0.15, 0.2) is 12.2 Å². The first-order chi connectivity index (χ1) is 8.90. The lowest BCUT2D eigenvalue weighted by atomic mass is 10.1. The number of carbonyl (C=O) groups is 3. The largest absolute Gasteiger partial charge is 0.466 e. The highest BCUT2D eigenvalue weighted by atomic mass is 16.5. The molecule has 0 aromatic heterocycles. The first-order valence-electron chi connectivity index (χ1n) is 5.68. The van der Waals surface area contributed by atoms with Crippen molar-refractivity contribution in [3.63, 3.8) is 0 Å². The van der Waals surface area contributed by atoms with E-state index in [9.17, 15) is 14.4 Å². The summed E-state index contributed by atoms with van der Waals surface area (Å²) < 4.78 is 13.7. The first kappa shape index (κ1) is 16.9. The summed E-state index contributed by atoms with van der Waals surface area (Å²) >= 11 is 0. The Labute approximate surface area is 111 Å². The SMILES string of the molecule is COC(=O)/C=C/C(=O)OC[C@@H](NC(=O)OC)C(C)C. The summed E-state index contributed by atoms with van der Waals surface area (Å²) in [6.45, 7) is 3.70. The Hall–Kier alpha value is -2.05. The highest BCUT2D eigenvalue weighted by Crippen LogP contribution is 2.03. The van der Waals surface area contributed by atoms with E-state index in [0.717, 1.165) is 12.2 Å². The van der Waals surface area contributed by atoms with Crippen molar-refractivity contribution in [1.82, 2.24) is 5.32 Å². The number of hydrogen-bond acceptors (Lipinski definition) is 6. The van der Waals surface area contributed by atoms with Crippen LogP contribution in [0.2, 0.25) is 0 Å². The number of amides is 1. The average Bonchev–Trinajstić information content (AvgIpc) is 2.39. The molecule has 1 amide bonds. The van der Waals surface area contributed by atoms with Crippen LogP contribution in [0.25, 0.3) is 0 Å². The Bertz CT molecular complexity index is 350. The first-order valence-corrected chi connectivity index (χ1v) is 5.68. The number of alkyl carbamates (subject to hydrolysis) is 1. The third-order valence-electron chi connectivity index (χ3n) is 2.26. The van der Waals surface area contributed by atoms with Gasteiger partial charge in [0, 0.05) is 12.2 Å². The summed E-state index contributed by atoms with van der Waals surface area (Å²) in [6.07, 6.45) is 1.32. The predicted octanol–water partition coefficient (Wildman–Crippen LogP) is 0.639. The van der Waals surface area contributed by atoms with Gasteiger partial charge in [-0.05, 0) is 5.92 Å². The number of ether oxygens (including phenoxy) is 3. The average molecular weight is 273 g/mol. The van der Waals surface area contributed by atoms with Crippen molar-refractivity contribution in [3.05, 3.63) is 12.2 Å². The van der Waals surface area contributed by atoms with E-state index >= 15 is 0 Å². The molecule has 1 atom stereocenters. The lowest BCUT2D eigenvalue weighted by molar-refractivity contribution is -0.140. The van der Waals surface area contributed by atoms with Crippen molar-refractivity contribution in [1.29, 1.82) is 0 Å². The molecule has 0 aromatic carbocycles. The quantitative estimate of drug-likeness (QED) is 0.434. The van der Waals surface area contributed by atoms with Crippen LogP contribution in [0.3, 0.4) is 0 Å². The lowest BCUT2D eigenvalue weighted by Gasteiger charge is -2.20. The maximum atomic E-state index is 11.3. The zero-order valence-electron chi connectivity index (χ0n) is 11.5. The highest BCUT2D eigenvalue weighted by molar-refractivity contribution is 5.91. The molecule has 0 unspecified atom stereocenters. The van der Waals surface area contributed by atoms with Gasteiger partial charge in [-0.3, -0.25) is 0 Å². The summed E-state index contributed by atoms with van der Waals surface area (Å²) in [4.78, 5) is 33.1. The zero-order chi connectivity index (χ0) is 14.8. The summed E-state index contributed by atoms with van der Waals surface area (Å²) in [6, 6.07) is -0.372. The van der Waals surface area contributed by atoms with E-state index in [1.54, 1.807) is 0 Å². The van der Waals surface area contributed by atoms with E-state index in [-0.39, 0.29) is 18.6 Å². The monoisotopic (exact) mass is 273 g/mol. The Morgan fingerprint density at radius 2 is 1.63 bits per heavy atom. The number of esters is 2. The maximum Gasteiger partial charge on any atom is 0.407 e. The van der Waals surface area contributed by atoms with Crippen LogP contribution >= 0.6 is 0 Å². The van der Waals surface area contributed by atoms with E-state index in [1.165, 1.54) is 14.2 Å². The van der Waals surface area contributed by atoms with Gasteiger partial charge in [0.15, 0.2) is 0 Å². The fourth-order valence-corrected chi connectivity index (χ4v) is 1.04. The molecule has 7 heteroatoms. The zero-order valence-corrected chi connectivity index (χ0v) is 11.5. The molecule has 0 aliphatic rings. The molecular weight excluding hydrogens is 254 g/mol. The fraction of sp³-hybridized carbons (Fsp3) is 0.583. The van der Waals surface area contributed by atoms with Gasteiger partial charge in [-0.2, -0.15) is 0 Å². The maximum absolute atomic E-state index is 11.3. The van der Waals surface area contributed by atoms with E-state index in [4.69, 9.17) is 4.74 Å². The number of carbonyl (C=O) groups excluding carboxylic acids is 3. The van der Waals surface area contributed by atoms with E-state index in [2.05, 4.69) is 14.8 Å². The second kappa shape index (κ2) is 8.96. The second-order valence-electron chi connectivity index (χ2n) is 3.97. The van der Waals surface area contributed by atoms with E-state index in [0.29, 0.717) is 0 Å². The smallest absolute Gasteiger partial charge is 0.407 e. The Balaban J connectivity index is 4.25. The van der Waals surface area contributed by atoms with Crippen LogP contribution in [0.5, 0.6) is 0 Å². The summed E-state index contributed by atoms with van der Waals surface area (Å²) in [5, 5.41) is 2.54. The number of nitrogens with one attached hydrogen (secondary N) is 1. The van der Waals surface area contributed by atoms with Gasteiger partial charge in [-0.25, -0.2) is 14.4 Å². The van der Waals surface area contributed by atoms with Crippen molar-refractivity contribution in [3.8, 4) is 0 Å². The molecular formula is C12H19NO6. The molecule has 1 N–H and O–H groups in total. The third-order valence-corrected chi connectivity index (χ3v) is 2.26. The molecule has 0 radical (unpaired) electrons. The molecule has 0 spiro atoms. The molecule has 19 heavy (non-hydrogen) atoms. The fourth-order valence-electron chi connectivity index (χ4n) is 1.04. The lowest BCUT2D eigenvalue weighted by Crippen LogP contribution is -2.42. The topological polar surface area (TPSA) is 90.9 Å². The van der Waals surface area contributed by atoms with Crippen LogP contribution in [0.1, 0.15) is 13.8 Å². The third kappa shape index (κ3) is 7.80. The van der Waals surface area contributed by atoms with Crippen molar-refractivity contribution in [2.75, 3.05) is 20.8 Å². The van der Waals surface area contributed by atoms with Crippen molar-refractivity contribution in [2.45, 2.75) is 19.9 Å². The van der Waals surface area contributed by atoms with Crippen LogP contribution in [-0.2, 0) is 23.8 Å². The molecule has 7 nitrogen and oxygen atoms in total. The molecule has 0 saturated heterocycles. The van der Waals surface area contributed by atoms with Crippen molar-refractivity contribution >= 4 is 18.0 Å². The van der Waals surface area contributed by atoms with Gasteiger partial charge in [0.25, 0.3) is 0 Å². The summed E-state index contributed by atoms with van der Waals surface area (Å²) in [5.74, 6) is -1.29. The number of methoxy groups -OCH3 is 2. The second-order valence-corrected chi connectivity index (χ2v) is 3.97. The van der Waals surface area contributed by atoms with Crippen LogP contribution in [0.4, 0.5) is 4.79 Å². The molecule has 0 aromatic rings. The minimum Gasteiger partial charge on any atom is -0.466 e. The summed E-state index contributed by atoms with van der Waals surface area (Å²) in [7, 11) is 2.45. The highest BCUT2D eigenvalue weighted by Gasteiger charge is 2.18. The molecule has 0 rings (SSSR count). The molecule has 0 aliphatic carbocycles. The van der Waals surface area contributed by atoms with Crippen molar-refractivity contribution in [2.24, 2.45) is 5.92 Å². The van der Waals surface area contributed by atoms with Gasteiger partial charge < -0.3 is 19.5 Å². The molecule has 0 saturated carbocycles. The minimum absolute atomic E-state index is 0.0168. The number of hydrogen-bond donors (Lipinski definition) is 1. The standard InChI is InChI=1S/C12H19NO6/c1-8(2)9(13-12(16)18-4)7-19-11(15)6-5-10(14)17-3/h5-6,8-9H,7H2,1-4H3,(H,13,16)/b6-5+/t9-/m1/s1. The normalized spacial score (nSPS) is 12.1. The summed E-state index contributed by atoms with van der Waals surface area (Å²) in [5.41, 5.74) is 0. The van der Waals surface area contributed by atoms with Gasteiger partial charge in [-0.15, -0.1) is 0 Å². The van der Waals surface area contributed by atoms with Crippen LogP contribution in [0, 0.1) is 5.92 Å². The van der Waals surface area contributed by atoms with Crippen molar-refractivity contribution < 1.29 is 28.6 Å². The Kier molecular flexibility index (Phi) is 7.99. The Morgan fingerprint density at radius 1 is 1.05 bits per heavy atom. The molecule has 0 heterocycles. The minimum atomic E-state index is -0.692. The molecule has 0 aliphatic heterocycles. The van der Waals surface area contributed by atoms with Gasteiger partial charge in [0.1, 0.15) is 6.61 Å².